The molecule has 1 aromatic heterocycles. The Morgan fingerprint density at radius 3 is 2.42 bits per heavy atom. The fraction of sp³-hybridized carbons (Fsp3) is 0.273. The van der Waals surface area contributed by atoms with Gasteiger partial charge in [-0.05, 0) is 53.3 Å². The number of methoxy groups -OCH3 is 1. The van der Waals surface area contributed by atoms with Gasteiger partial charge in [-0.2, -0.15) is 0 Å². The van der Waals surface area contributed by atoms with Crippen LogP contribution in [0.25, 0.3) is 5.70 Å². The van der Waals surface area contributed by atoms with Gasteiger partial charge in [0.15, 0.2) is 5.75 Å². The van der Waals surface area contributed by atoms with Crippen molar-refractivity contribution in [1.29, 1.82) is 0 Å². The van der Waals surface area contributed by atoms with Gasteiger partial charge in [-0.15, -0.1) is 5.53 Å². The maximum absolute atomic E-state index is 13.6. The van der Waals surface area contributed by atoms with Crippen molar-refractivity contribution in [2.45, 2.75) is 39.5 Å². The van der Waals surface area contributed by atoms with Gasteiger partial charge in [-0.1, -0.05) is 57.2 Å². The Bertz CT molecular complexity index is 1880. The minimum atomic E-state index is -3.60. The first kappa shape index (κ1) is 31.6. The summed E-state index contributed by atoms with van der Waals surface area (Å²) in [6.07, 6.45) is 5.55. The quantitative estimate of drug-likeness (QED) is 0.202. The van der Waals surface area contributed by atoms with E-state index in [1.807, 2.05) is 76.4 Å². The molecule has 0 radical (unpaired) electrons. The molecule has 4 N–H and O–H groups in total. The smallest absolute Gasteiger partial charge is 0.255 e. The first-order chi connectivity index (χ1) is 21.2. The van der Waals surface area contributed by atoms with Crippen molar-refractivity contribution in [2.75, 3.05) is 28.4 Å². The number of aryl methyl sites for hydroxylation is 1. The molecule has 1 aliphatic heterocycles. The van der Waals surface area contributed by atoms with Crippen molar-refractivity contribution in [3.63, 3.8) is 0 Å². The minimum absolute atomic E-state index is 0.218. The van der Waals surface area contributed by atoms with Crippen LogP contribution < -0.4 is 30.7 Å². The number of hydrogen-bond acceptors (Lipinski definition) is 8. The number of amides is 1. The first-order valence-corrected chi connectivity index (χ1v) is 16.3. The SMILES string of the molecule is COc1c(NC(=O)c2ccc(C)c(N3C=C(c4cnc(Cc5ccccc5)n4C)NN3)c2)cc(C(C)(C)C)cc1NS(C)(=O)=O. The van der Waals surface area contributed by atoms with E-state index in [0.717, 1.165) is 40.3 Å². The van der Waals surface area contributed by atoms with Gasteiger partial charge >= 0.3 is 0 Å². The van der Waals surface area contributed by atoms with Gasteiger partial charge in [0.2, 0.25) is 10.0 Å². The van der Waals surface area contributed by atoms with Crippen molar-refractivity contribution in [3.05, 3.63) is 107 Å². The second kappa shape index (κ2) is 12.3. The number of benzene rings is 3. The van der Waals surface area contributed by atoms with Crippen LogP contribution in [-0.2, 0) is 28.9 Å². The van der Waals surface area contributed by atoms with Crippen LogP contribution in [0, 0.1) is 6.92 Å². The van der Waals surface area contributed by atoms with E-state index in [9.17, 15) is 13.2 Å². The third-order valence-corrected chi connectivity index (χ3v) is 8.16. The molecular formula is C33H39N7O4S. The van der Waals surface area contributed by atoms with Gasteiger partial charge in [0, 0.05) is 19.0 Å². The lowest BCUT2D eigenvalue weighted by molar-refractivity contribution is 0.102. The second-order valence-corrected chi connectivity index (χ2v) is 13.9. The van der Waals surface area contributed by atoms with Gasteiger partial charge in [-0.25, -0.2) is 13.4 Å². The number of hydrazine groups is 2. The average molecular weight is 630 g/mol. The molecule has 12 heteroatoms. The molecule has 0 saturated heterocycles. The van der Waals surface area contributed by atoms with E-state index in [2.05, 4.69) is 42.7 Å². The molecule has 11 nitrogen and oxygen atoms in total. The minimum Gasteiger partial charge on any atom is -0.492 e. The predicted molar refractivity (Wildman–Crippen MR) is 178 cm³/mol. The van der Waals surface area contributed by atoms with E-state index in [4.69, 9.17) is 4.74 Å². The predicted octanol–water partition coefficient (Wildman–Crippen LogP) is 5.08. The average Bonchev–Trinajstić information content (AvgIpc) is 3.59. The summed E-state index contributed by atoms with van der Waals surface area (Å²) in [6, 6.07) is 19.1. The molecule has 1 amide bonds. The molecule has 0 spiro atoms. The molecule has 1 aliphatic rings. The standard InChI is InChI=1S/C33H39N7O4S/c1-21-13-14-23(32(41)35-25-17-24(33(2,3)4)18-26(31(25)44-6)37-45(7,42)43)16-28(21)40-20-27(36-38-40)29-19-34-30(39(29)5)15-22-11-9-8-10-12-22/h8-14,16-20,36-38H,15H2,1-7H3,(H,35,41). The number of ether oxygens (including phenoxy) is 1. The van der Waals surface area contributed by atoms with Gasteiger partial charge < -0.3 is 14.6 Å². The highest BCUT2D eigenvalue weighted by atomic mass is 32.2. The number of nitrogens with zero attached hydrogens (tertiary/aromatic N) is 3. The zero-order valence-corrected chi connectivity index (χ0v) is 27.3. The number of aromatic nitrogens is 2. The number of imidazole rings is 1. The fourth-order valence-electron chi connectivity index (χ4n) is 5.07. The van der Waals surface area contributed by atoms with Crippen LogP contribution in [-0.4, -0.2) is 37.2 Å². The molecule has 0 bridgehead atoms. The Morgan fingerprint density at radius 2 is 1.76 bits per heavy atom. The fourth-order valence-corrected chi connectivity index (χ4v) is 5.62. The summed E-state index contributed by atoms with van der Waals surface area (Å²) in [7, 11) is -0.181. The summed E-state index contributed by atoms with van der Waals surface area (Å²) >= 11 is 0. The van der Waals surface area contributed by atoms with Crippen molar-refractivity contribution in [3.8, 4) is 5.75 Å². The van der Waals surface area contributed by atoms with Crippen molar-refractivity contribution in [2.24, 2.45) is 7.05 Å². The maximum atomic E-state index is 13.6. The molecule has 0 fully saturated rings. The molecule has 2 heterocycles. The van der Waals surface area contributed by atoms with E-state index in [0.29, 0.717) is 17.7 Å². The van der Waals surface area contributed by atoms with Crippen LogP contribution in [0.5, 0.6) is 5.75 Å². The van der Waals surface area contributed by atoms with Crippen LogP contribution in [0.4, 0.5) is 17.1 Å². The molecule has 4 aromatic rings. The summed E-state index contributed by atoms with van der Waals surface area (Å²) in [5.74, 6) is 0.780. The number of carbonyl (C=O) groups is 1. The third kappa shape index (κ3) is 7.13. The largest absolute Gasteiger partial charge is 0.492 e. The zero-order chi connectivity index (χ0) is 32.5. The normalized spacial score (nSPS) is 13.3. The molecule has 0 unspecified atom stereocenters. The lowest BCUT2D eigenvalue weighted by atomic mass is 9.86. The summed E-state index contributed by atoms with van der Waals surface area (Å²) < 4.78 is 34.4. The molecule has 5 rings (SSSR count). The summed E-state index contributed by atoms with van der Waals surface area (Å²) in [5, 5.41) is 4.76. The van der Waals surface area contributed by atoms with E-state index in [-0.39, 0.29) is 22.8 Å². The maximum Gasteiger partial charge on any atom is 0.255 e. The first-order valence-electron chi connectivity index (χ1n) is 14.4. The number of carbonyl (C=O) groups excluding carboxylic acids is 1. The van der Waals surface area contributed by atoms with Gasteiger partial charge in [0.25, 0.3) is 5.91 Å². The molecule has 0 saturated carbocycles. The highest BCUT2D eigenvalue weighted by Crippen LogP contribution is 2.39. The highest BCUT2D eigenvalue weighted by molar-refractivity contribution is 7.92. The zero-order valence-electron chi connectivity index (χ0n) is 26.5. The third-order valence-electron chi connectivity index (χ3n) is 7.57. The van der Waals surface area contributed by atoms with Gasteiger partial charge in [0.1, 0.15) is 5.82 Å². The second-order valence-electron chi connectivity index (χ2n) is 12.1. The van der Waals surface area contributed by atoms with Crippen molar-refractivity contribution < 1.29 is 17.9 Å². The Labute approximate surface area is 264 Å². The number of hydrogen-bond donors (Lipinski definition) is 4. The monoisotopic (exact) mass is 629 g/mol. The van der Waals surface area contributed by atoms with E-state index >= 15 is 0 Å². The molecule has 3 aromatic carbocycles. The van der Waals surface area contributed by atoms with Crippen LogP contribution in [0.3, 0.4) is 0 Å². The van der Waals surface area contributed by atoms with Gasteiger partial charge in [0.05, 0.1) is 54.2 Å². The highest BCUT2D eigenvalue weighted by Gasteiger charge is 2.24. The summed E-state index contributed by atoms with van der Waals surface area (Å²) in [6.45, 7) is 7.98. The lowest BCUT2D eigenvalue weighted by Crippen LogP contribution is -2.36. The number of rotatable bonds is 9. The molecule has 236 valence electrons. The van der Waals surface area contributed by atoms with Crippen molar-refractivity contribution in [1.82, 2.24) is 20.5 Å². The van der Waals surface area contributed by atoms with Crippen LogP contribution in [0.15, 0.2) is 73.1 Å². The molecule has 45 heavy (non-hydrogen) atoms. The Morgan fingerprint density at radius 1 is 1.04 bits per heavy atom. The molecule has 0 atom stereocenters. The van der Waals surface area contributed by atoms with Crippen LogP contribution >= 0.6 is 0 Å². The molecular weight excluding hydrogens is 590 g/mol. The molecule has 0 aliphatic carbocycles. The van der Waals surface area contributed by atoms with E-state index < -0.39 is 10.0 Å². The van der Waals surface area contributed by atoms with Crippen LogP contribution in [0.2, 0.25) is 0 Å². The van der Waals surface area contributed by atoms with E-state index in [1.54, 1.807) is 24.3 Å². The summed E-state index contributed by atoms with van der Waals surface area (Å²) in [5.41, 5.74) is 12.5. The van der Waals surface area contributed by atoms with E-state index in [1.165, 1.54) is 12.7 Å². The topological polar surface area (TPSA) is 130 Å². The van der Waals surface area contributed by atoms with Gasteiger partial charge in [-0.3, -0.25) is 20.0 Å². The number of sulfonamides is 1. The Balaban J connectivity index is 1.41. The number of nitrogens with one attached hydrogen (secondary N) is 4. The Kier molecular flexibility index (Phi) is 8.63. The van der Waals surface area contributed by atoms with Crippen LogP contribution in [0.1, 0.15) is 59.3 Å². The summed E-state index contributed by atoms with van der Waals surface area (Å²) in [4.78, 5) is 18.3. The number of anilines is 3. The Hall–Kier alpha value is -4.81. The van der Waals surface area contributed by atoms with Crippen molar-refractivity contribution >= 4 is 38.7 Å². The lowest BCUT2D eigenvalue weighted by Gasteiger charge is -2.24.